The van der Waals surface area contributed by atoms with Gasteiger partial charge in [0.25, 0.3) is 0 Å². The van der Waals surface area contributed by atoms with Crippen molar-refractivity contribution in [3.05, 3.63) is 160 Å². The molecule has 2 spiro atoms. The van der Waals surface area contributed by atoms with E-state index in [2.05, 4.69) is 239 Å². The number of esters is 2. The molecule has 2 aliphatic heterocycles. The van der Waals surface area contributed by atoms with Crippen LogP contribution in [0.25, 0.3) is 0 Å². The molecule has 8 aliphatic carbocycles. The number of ether oxygens (including phenoxy) is 8. The molecule has 10 fully saturated rings. The zero-order chi connectivity index (χ0) is 86.4. The zero-order valence-corrected chi connectivity index (χ0v) is 81.2. The van der Waals surface area contributed by atoms with Crippen molar-refractivity contribution >= 4 is 102 Å². The van der Waals surface area contributed by atoms with Crippen LogP contribution in [0.5, 0.6) is 34.5 Å². The van der Waals surface area contributed by atoms with E-state index in [0.717, 1.165) is 37.3 Å². The number of quaternary nitrogens is 1. The Morgan fingerprint density at radius 2 is 0.737 bits per heavy atom. The molecule has 8 saturated carbocycles. The van der Waals surface area contributed by atoms with Crippen molar-refractivity contribution in [3.63, 3.8) is 0 Å². The van der Waals surface area contributed by atoms with Gasteiger partial charge in [-0.15, -0.1) is 0 Å². The van der Waals surface area contributed by atoms with Crippen LogP contribution in [0.3, 0.4) is 0 Å². The molecule has 0 amide bonds. The molecular formula is C86H100ClF12I6NO12+2. The lowest BCUT2D eigenvalue weighted by Gasteiger charge is -2.63. The zero-order valence-electron chi connectivity index (χ0n) is 67.5. The number of phenols is 2. The number of halogens is 19. The average Bonchev–Trinajstić information content (AvgIpc) is 1.13. The van der Waals surface area contributed by atoms with E-state index in [4.69, 9.17) is 37.9 Å². The van der Waals surface area contributed by atoms with Gasteiger partial charge in [-0.1, -0.05) is 65.8 Å². The van der Waals surface area contributed by atoms with E-state index < -0.39 is 120 Å². The molecular weight excluding hydrogens is 2260 g/mol. The van der Waals surface area contributed by atoms with Gasteiger partial charge >= 0.3 is 89.9 Å². The van der Waals surface area contributed by atoms with Crippen molar-refractivity contribution < 1.29 is 170 Å². The minimum absolute atomic E-state index is 0. The summed E-state index contributed by atoms with van der Waals surface area (Å²) in [6, 6.07) is 38.0. The molecule has 6 aromatic rings. The minimum Gasteiger partial charge on any atom is -1.00 e. The van der Waals surface area contributed by atoms with E-state index >= 15 is 0 Å². The van der Waals surface area contributed by atoms with Crippen molar-refractivity contribution in [2.75, 3.05) is 46.1 Å². The molecule has 2 heterocycles. The number of carbonyl (C=O) groups excluding carboxylic acids is 2. The Kier molecular flexibility index (Phi) is 32.1. The number of carbonyl (C=O) groups is 2. The molecule has 13 nitrogen and oxygen atoms in total. The summed E-state index contributed by atoms with van der Waals surface area (Å²) in [5, 5.41) is 19.6. The van der Waals surface area contributed by atoms with Crippen LogP contribution in [0.4, 0.5) is 52.7 Å². The molecule has 652 valence electrons. The fourth-order valence-electron chi connectivity index (χ4n) is 16.8. The summed E-state index contributed by atoms with van der Waals surface area (Å²) >= 11 is 8.15. The van der Waals surface area contributed by atoms with E-state index in [1.54, 1.807) is 17.0 Å². The van der Waals surface area contributed by atoms with Gasteiger partial charge in [-0.3, -0.25) is 0 Å². The maximum atomic E-state index is 13.7. The third-order valence-corrected chi connectivity index (χ3v) is 32.6. The monoisotopic (exact) mass is 2360 g/mol. The Balaban J connectivity index is 0.000000174. The first-order valence-corrected chi connectivity index (χ1v) is 47.4. The normalized spacial score (nSPS) is 25.0. The highest BCUT2D eigenvalue weighted by atomic mass is 127. The van der Waals surface area contributed by atoms with Gasteiger partial charge in [0, 0.05) is 48.6 Å². The van der Waals surface area contributed by atoms with Gasteiger partial charge in [0.2, 0.25) is 0 Å². The molecule has 4 unspecified atom stereocenters. The fourth-order valence-corrected chi connectivity index (χ4v) is 23.5. The average molecular weight is 2360 g/mol. The summed E-state index contributed by atoms with van der Waals surface area (Å²) in [6.45, 7) is 23.3. The van der Waals surface area contributed by atoms with Crippen LogP contribution in [-0.2, 0) is 48.8 Å². The van der Waals surface area contributed by atoms with Crippen LogP contribution < -0.4 is 69.2 Å². The Hall–Kier alpha value is -2.91. The predicted octanol–water partition coefficient (Wildman–Crippen LogP) is 12.7. The van der Waals surface area contributed by atoms with Crippen LogP contribution in [0.15, 0.2) is 109 Å². The molecule has 0 aromatic heterocycles. The summed E-state index contributed by atoms with van der Waals surface area (Å²) < 4.78 is 215. The molecule has 4 atom stereocenters. The van der Waals surface area contributed by atoms with Crippen molar-refractivity contribution in [2.24, 2.45) is 35.5 Å². The number of alkyl halides is 12. The fraction of sp³-hybridized carbons (Fsp3) is 0.558. The maximum absolute atomic E-state index is 13.7. The SMILES string of the molecule is CC(F)(F)C(=O)OC12CC3CC(C1)C1(OCC(F)(F)C(F)(F)CO1)C(C3)C2.CC(F)(F)C(=O)OC12CC3CC(C1)C1(OCC(F)(F)C(F)(F)CO1)C(C3)C2.CC[NH+](CC)CC.Cc1cc(Oc2cc(I)c(O)cc2I)ccc1[I+]c1ccc(C(C)(C)C)cc1.Cc1cc(Oc2cc(I)c(O)cc2I)ccc1[I+]c1ccc(C(C)(C)C)cc1.[Cl-]. The number of rotatable bonds is 15. The Morgan fingerprint density at radius 3 is 0.983 bits per heavy atom. The first-order valence-electron chi connectivity index (χ1n) is 38.8. The van der Waals surface area contributed by atoms with Gasteiger partial charge in [0.15, 0.2) is 25.9 Å². The second-order valence-electron chi connectivity index (χ2n) is 34.0. The van der Waals surface area contributed by atoms with Gasteiger partial charge in [-0.05, 0) is 308 Å². The molecule has 10 aliphatic rings. The smallest absolute Gasteiger partial charge is 0.377 e. The number of aromatic hydroxyl groups is 2. The summed E-state index contributed by atoms with van der Waals surface area (Å²) in [4.78, 5) is 25.1. The molecule has 16 rings (SSSR count). The van der Waals surface area contributed by atoms with Gasteiger partial charge in [0.1, 0.15) is 72.1 Å². The van der Waals surface area contributed by atoms with Crippen molar-refractivity contribution in [1.82, 2.24) is 0 Å². The van der Waals surface area contributed by atoms with Crippen LogP contribution in [-0.4, -0.2) is 127 Å². The van der Waals surface area contributed by atoms with E-state index in [9.17, 15) is 72.5 Å². The number of hydrogen-bond donors (Lipinski definition) is 3. The molecule has 0 radical (unpaired) electrons. The molecule has 118 heavy (non-hydrogen) atoms. The Labute approximate surface area is 763 Å². The quantitative estimate of drug-likeness (QED) is 0.0510. The van der Waals surface area contributed by atoms with E-state index in [0.29, 0.717) is 52.4 Å². The second kappa shape index (κ2) is 38.3. The van der Waals surface area contributed by atoms with Crippen LogP contribution in [0, 0.1) is 77.9 Å². The lowest BCUT2D eigenvalue weighted by molar-refractivity contribution is -0.894. The van der Waals surface area contributed by atoms with Gasteiger partial charge in [-0.2, -0.15) is 52.7 Å². The van der Waals surface area contributed by atoms with Gasteiger partial charge in [0.05, 0.1) is 33.9 Å². The van der Waals surface area contributed by atoms with Crippen LogP contribution in [0.2, 0.25) is 0 Å². The first kappa shape index (κ1) is 98.9. The molecule has 32 heteroatoms. The summed E-state index contributed by atoms with van der Waals surface area (Å²) in [5.74, 6) is -29.8. The van der Waals surface area contributed by atoms with Crippen molar-refractivity contribution in [2.45, 2.75) is 223 Å². The lowest BCUT2D eigenvalue weighted by atomic mass is 9.51. The highest BCUT2D eigenvalue weighted by molar-refractivity contribution is 14.1. The molecule has 3 N–H and O–H groups in total. The summed E-state index contributed by atoms with van der Waals surface area (Å²) in [6.07, 6.45) is 2.93. The van der Waals surface area contributed by atoms with Crippen molar-refractivity contribution in [1.29, 1.82) is 0 Å². The third-order valence-electron chi connectivity index (χ3n) is 22.9. The maximum Gasteiger partial charge on any atom is 0.377 e. The minimum atomic E-state index is -4.36. The molecule has 6 aromatic carbocycles. The lowest BCUT2D eigenvalue weighted by Crippen LogP contribution is -3.61. The van der Waals surface area contributed by atoms with Crippen molar-refractivity contribution in [3.8, 4) is 34.5 Å². The second-order valence-corrected chi connectivity index (χ2v) is 44.6. The van der Waals surface area contributed by atoms with E-state index in [1.807, 2.05) is 24.3 Å². The largest absolute Gasteiger partial charge is 1.00 e. The van der Waals surface area contributed by atoms with Crippen LogP contribution in [0.1, 0.15) is 163 Å². The standard InChI is InChI=1S/2C23H21I3O2.2C17H20F6O4.C6H15N.ClH/c2*1-14-11-17(28-22-13-18(24)21(27)12-19(22)25)9-10-20(14)26-16-7-5-15(6-8-16)23(2,3)4;2*1-13(18,19)12(24)27-14-4-9-2-10(5-14)17(11(3-9)6-14)25-7-15(20,21)16(22,23)8-26-17;1-4-7(5-2)6-3;/h2*5-13H,1-4H3;2*9-11H,2-8H2,1H3;4-6H2,1-3H3;1H/p+2. The number of aryl methyl sites for hydroxylation is 2. The Bertz CT molecular complexity index is 4150. The van der Waals surface area contributed by atoms with Gasteiger partial charge in [-0.25, -0.2) is 9.59 Å². The van der Waals surface area contributed by atoms with E-state index in [-0.39, 0.29) is 115 Å². The highest BCUT2D eigenvalue weighted by Crippen LogP contribution is 2.66. The summed E-state index contributed by atoms with van der Waals surface area (Å²) in [7, 11) is 0. The third kappa shape index (κ3) is 23.3. The highest BCUT2D eigenvalue weighted by Gasteiger charge is 2.72. The number of benzene rings is 6. The Morgan fingerprint density at radius 1 is 0.449 bits per heavy atom. The number of phenolic OH excluding ortho intramolecular Hbond substituents is 2. The molecule has 2 saturated heterocycles. The van der Waals surface area contributed by atoms with E-state index in [1.165, 1.54) is 56.2 Å². The predicted molar refractivity (Wildman–Crippen MR) is 442 cm³/mol. The van der Waals surface area contributed by atoms with Gasteiger partial charge < -0.3 is 65.4 Å². The molecule has 8 bridgehead atoms. The summed E-state index contributed by atoms with van der Waals surface area (Å²) in [5.41, 5.74) is 3.34. The number of hydrogen-bond acceptors (Lipinski definition) is 12. The first-order chi connectivity index (χ1) is 54.2. The van der Waals surface area contributed by atoms with Crippen LogP contribution >= 0.6 is 90.4 Å². The number of nitrogens with one attached hydrogen (secondary N) is 1. The topological polar surface area (TPSA) is 153 Å².